The van der Waals surface area contributed by atoms with E-state index in [1.54, 1.807) is 0 Å². The largest absolute Gasteiger partial charge is 0.396 e. The lowest BCUT2D eigenvalue weighted by molar-refractivity contribution is 0.0171. The highest BCUT2D eigenvalue weighted by Crippen LogP contribution is 2.41. The molecule has 0 bridgehead atoms. The van der Waals surface area contributed by atoms with Crippen molar-refractivity contribution in [1.29, 1.82) is 0 Å². The molecule has 0 aromatic rings. The van der Waals surface area contributed by atoms with Gasteiger partial charge in [-0.25, -0.2) is 0 Å². The van der Waals surface area contributed by atoms with Gasteiger partial charge in [-0.05, 0) is 51.0 Å². The summed E-state index contributed by atoms with van der Waals surface area (Å²) in [7, 11) is 0. The predicted molar refractivity (Wildman–Crippen MR) is 79.2 cm³/mol. The quantitative estimate of drug-likeness (QED) is 0.788. The van der Waals surface area contributed by atoms with Crippen molar-refractivity contribution in [1.82, 2.24) is 4.90 Å². The van der Waals surface area contributed by atoms with Gasteiger partial charge in [0.1, 0.15) is 0 Å². The number of nitrogens with zero attached hydrogens (tertiary/aromatic N) is 1. The van der Waals surface area contributed by atoms with Crippen molar-refractivity contribution in [3.8, 4) is 0 Å². The molecule has 0 aromatic heterocycles. The van der Waals surface area contributed by atoms with Gasteiger partial charge in [0.15, 0.2) is 0 Å². The Bertz CT molecular complexity index is 283. The first kappa shape index (κ1) is 13.9. The third-order valence-electron chi connectivity index (χ3n) is 6.15. The molecule has 2 heteroatoms. The van der Waals surface area contributed by atoms with Crippen LogP contribution in [0.5, 0.6) is 0 Å². The summed E-state index contributed by atoms with van der Waals surface area (Å²) in [6, 6.07) is 0.862. The van der Waals surface area contributed by atoms with Crippen LogP contribution in [0.15, 0.2) is 0 Å². The van der Waals surface area contributed by atoms with Crippen LogP contribution < -0.4 is 0 Å². The monoisotopic (exact) mass is 265 g/mol. The molecule has 3 rings (SSSR count). The second-order valence-corrected chi connectivity index (χ2v) is 7.44. The highest BCUT2D eigenvalue weighted by molar-refractivity contribution is 4.93. The molecule has 0 radical (unpaired) electrons. The zero-order valence-electron chi connectivity index (χ0n) is 12.4. The fourth-order valence-electron chi connectivity index (χ4n) is 5.03. The lowest BCUT2D eigenvalue weighted by Crippen LogP contribution is -2.49. The first-order chi connectivity index (χ1) is 9.33. The van der Waals surface area contributed by atoms with Crippen molar-refractivity contribution in [2.24, 2.45) is 11.3 Å². The van der Waals surface area contributed by atoms with Gasteiger partial charge < -0.3 is 5.11 Å². The lowest BCUT2D eigenvalue weighted by Gasteiger charge is -2.44. The van der Waals surface area contributed by atoms with Crippen molar-refractivity contribution in [3.05, 3.63) is 0 Å². The molecule has 2 aliphatic carbocycles. The normalized spacial score (nSPS) is 35.8. The van der Waals surface area contributed by atoms with E-state index in [-0.39, 0.29) is 5.41 Å². The molecule has 2 unspecified atom stereocenters. The van der Waals surface area contributed by atoms with Crippen LogP contribution in [0.3, 0.4) is 0 Å². The van der Waals surface area contributed by atoms with Crippen molar-refractivity contribution in [3.63, 3.8) is 0 Å². The van der Waals surface area contributed by atoms with E-state index in [0.29, 0.717) is 6.61 Å². The fraction of sp³-hybridized carbons (Fsp3) is 1.00. The molecule has 19 heavy (non-hydrogen) atoms. The highest BCUT2D eigenvalue weighted by atomic mass is 16.3. The molecular formula is C17H31NO. The number of hydrogen-bond acceptors (Lipinski definition) is 2. The van der Waals surface area contributed by atoms with Gasteiger partial charge in [-0.3, -0.25) is 4.90 Å². The Morgan fingerprint density at radius 3 is 2.37 bits per heavy atom. The van der Waals surface area contributed by atoms with Gasteiger partial charge in [0.2, 0.25) is 0 Å². The summed E-state index contributed by atoms with van der Waals surface area (Å²) < 4.78 is 0. The molecule has 3 fully saturated rings. The molecule has 2 nitrogen and oxygen atoms in total. The number of piperidine rings is 1. The third-order valence-corrected chi connectivity index (χ3v) is 6.15. The van der Waals surface area contributed by atoms with Crippen LogP contribution in [0.1, 0.15) is 70.6 Å². The Kier molecular flexibility index (Phi) is 4.48. The molecule has 1 saturated heterocycles. The molecule has 1 heterocycles. The number of likely N-dealkylation sites (tertiary alicyclic amines) is 1. The molecule has 3 aliphatic rings. The minimum Gasteiger partial charge on any atom is -0.396 e. The first-order valence-corrected chi connectivity index (χ1v) is 8.68. The van der Waals surface area contributed by atoms with Crippen LogP contribution >= 0.6 is 0 Å². The van der Waals surface area contributed by atoms with E-state index in [2.05, 4.69) is 4.90 Å². The first-order valence-electron chi connectivity index (χ1n) is 8.68. The molecule has 2 atom stereocenters. The van der Waals surface area contributed by atoms with E-state index < -0.39 is 0 Å². The van der Waals surface area contributed by atoms with Crippen LogP contribution in [0, 0.1) is 11.3 Å². The second kappa shape index (κ2) is 6.13. The van der Waals surface area contributed by atoms with Gasteiger partial charge in [0.05, 0.1) is 0 Å². The van der Waals surface area contributed by atoms with Gasteiger partial charge in [-0.15, -0.1) is 0 Å². The zero-order valence-corrected chi connectivity index (χ0v) is 12.4. The number of aliphatic hydroxyl groups excluding tert-OH is 1. The van der Waals surface area contributed by atoms with Crippen molar-refractivity contribution in [2.75, 3.05) is 19.7 Å². The minimum atomic E-state index is 0.237. The van der Waals surface area contributed by atoms with Gasteiger partial charge >= 0.3 is 0 Å². The van der Waals surface area contributed by atoms with E-state index in [4.69, 9.17) is 0 Å². The van der Waals surface area contributed by atoms with Crippen molar-refractivity contribution >= 4 is 0 Å². The molecule has 0 spiro atoms. The molecule has 0 amide bonds. The van der Waals surface area contributed by atoms with Crippen LogP contribution in [-0.4, -0.2) is 35.7 Å². The summed E-state index contributed by atoms with van der Waals surface area (Å²) in [6.45, 7) is 2.90. The molecule has 1 aliphatic heterocycles. The zero-order chi connectivity index (χ0) is 13.1. The lowest BCUT2D eigenvalue weighted by atomic mass is 9.79. The summed E-state index contributed by atoms with van der Waals surface area (Å²) in [5.41, 5.74) is 0.237. The average molecular weight is 265 g/mol. The van der Waals surface area contributed by atoms with E-state index >= 15 is 0 Å². The summed E-state index contributed by atoms with van der Waals surface area (Å²) in [5.74, 6) is 0.982. The predicted octanol–water partition coefficient (Wildman–Crippen LogP) is 3.58. The average Bonchev–Trinajstić information content (AvgIpc) is 2.80. The number of fused-ring (bicyclic) bond motifs is 1. The van der Waals surface area contributed by atoms with E-state index in [0.717, 1.165) is 12.0 Å². The smallest absolute Gasteiger partial charge is 0.0499 e. The van der Waals surface area contributed by atoms with Crippen molar-refractivity contribution in [2.45, 2.75) is 76.7 Å². The molecule has 110 valence electrons. The number of rotatable bonds is 3. The standard InChI is InChI=1S/C17H31NO/c19-14-17(10-3-1-2-4-11-17)13-18-12-6-8-15-7-5-9-16(15)18/h15-16,19H,1-14H2. The second-order valence-electron chi connectivity index (χ2n) is 7.44. The SMILES string of the molecule is OCC1(CN2CCCC3CCCC32)CCCCCC1. The van der Waals surface area contributed by atoms with Gasteiger partial charge in [-0.1, -0.05) is 32.1 Å². The molecule has 1 N–H and O–H groups in total. The van der Waals surface area contributed by atoms with Crippen LogP contribution in [0.25, 0.3) is 0 Å². The van der Waals surface area contributed by atoms with Crippen LogP contribution in [0.4, 0.5) is 0 Å². The Morgan fingerprint density at radius 2 is 1.63 bits per heavy atom. The summed E-state index contributed by atoms with van der Waals surface area (Å²) in [6.07, 6.45) is 15.1. The maximum atomic E-state index is 10.0. The fourth-order valence-corrected chi connectivity index (χ4v) is 5.03. The summed E-state index contributed by atoms with van der Waals surface area (Å²) in [4.78, 5) is 2.78. The van der Waals surface area contributed by atoms with E-state index in [1.807, 2.05) is 0 Å². The van der Waals surface area contributed by atoms with E-state index in [9.17, 15) is 5.11 Å². The highest BCUT2D eigenvalue weighted by Gasteiger charge is 2.39. The van der Waals surface area contributed by atoms with Crippen LogP contribution in [-0.2, 0) is 0 Å². The Labute approximate surface area is 118 Å². The molecular weight excluding hydrogens is 234 g/mol. The maximum Gasteiger partial charge on any atom is 0.0499 e. The van der Waals surface area contributed by atoms with E-state index in [1.165, 1.54) is 83.7 Å². The molecule has 0 aromatic carbocycles. The number of aliphatic hydroxyl groups is 1. The topological polar surface area (TPSA) is 23.5 Å². The van der Waals surface area contributed by atoms with Gasteiger partial charge in [-0.2, -0.15) is 0 Å². The summed E-state index contributed by atoms with van der Waals surface area (Å²) in [5, 5.41) is 10.0. The maximum absolute atomic E-state index is 10.0. The van der Waals surface area contributed by atoms with Gasteiger partial charge in [0, 0.05) is 24.6 Å². The van der Waals surface area contributed by atoms with Crippen molar-refractivity contribution < 1.29 is 5.11 Å². The minimum absolute atomic E-state index is 0.237. The Balaban J connectivity index is 1.67. The summed E-state index contributed by atoms with van der Waals surface area (Å²) >= 11 is 0. The molecule has 2 saturated carbocycles. The van der Waals surface area contributed by atoms with Gasteiger partial charge in [0.25, 0.3) is 0 Å². The van der Waals surface area contributed by atoms with Crippen LogP contribution in [0.2, 0.25) is 0 Å². The Hall–Kier alpha value is -0.0800. The number of hydrogen-bond donors (Lipinski definition) is 1. The Morgan fingerprint density at radius 1 is 0.895 bits per heavy atom. The third kappa shape index (κ3) is 3.00.